The second-order valence-corrected chi connectivity index (χ2v) is 19.8. The van der Waals surface area contributed by atoms with Crippen LogP contribution in [0.2, 0.25) is 0 Å². The summed E-state index contributed by atoms with van der Waals surface area (Å²) in [5.74, 6) is -0.302. The van der Waals surface area contributed by atoms with E-state index in [9.17, 15) is 33.8 Å². The number of rotatable bonds is 45. The zero-order valence-corrected chi connectivity index (χ0v) is 41.4. The van der Waals surface area contributed by atoms with Crippen molar-refractivity contribution in [2.45, 2.75) is 212 Å². The van der Waals surface area contributed by atoms with Gasteiger partial charge < -0.3 is 34.4 Å². The standard InChI is InChI=1S/C48H88O14P2/c1-4-5-29-35-44(49)36-31-26-22-18-14-12-16-19-23-27-32-37-47(51)58-41-46(42-61-64(56,57)60-40-45(50)39-59-63(53,54)55)62-48(52)38-33-28-24-20-15-11-9-7-6-8-10-13-17-21-25-30-34-43(2)3/h12,14,19,22-23,26,31,36,43-46,49-50H,4-11,13,15-18,20-21,24-25,27-30,32-35,37-42H2,1-3H3,(H,56,57)(H2,53,54,55)/b14-12-,23-19-,26-22-,36-31+/t44-,45+,46-/m1/s1. The lowest BCUT2D eigenvalue weighted by Crippen LogP contribution is -2.30. The van der Waals surface area contributed by atoms with E-state index in [1.165, 1.54) is 83.5 Å². The minimum atomic E-state index is -4.88. The highest BCUT2D eigenvalue weighted by Gasteiger charge is 2.28. The predicted molar refractivity (Wildman–Crippen MR) is 254 cm³/mol. The summed E-state index contributed by atoms with van der Waals surface area (Å²) in [4.78, 5) is 52.8. The number of ether oxygens (including phenoxy) is 2. The highest BCUT2D eigenvalue weighted by atomic mass is 31.2. The summed E-state index contributed by atoms with van der Waals surface area (Å²) in [6.07, 6.45) is 40.0. The number of unbranched alkanes of at least 4 members (excludes halogenated alkanes) is 18. The van der Waals surface area contributed by atoms with Crippen LogP contribution in [0.15, 0.2) is 48.6 Å². The third-order valence-electron chi connectivity index (χ3n) is 10.2. The number of allylic oxidation sites excluding steroid dienone is 7. The summed E-state index contributed by atoms with van der Waals surface area (Å²) in [5, 5.41) is 19.7. The summed E-state index contributed by atoms with van der Waals surface area (Å²) in [6.45, 7) is 3.92. The highest BCUT2D eigenvalue weighted by Crippen LogP contribution is 2.43. The molecule has 0 aromatic rings. The SMILES string of the molecule is CCCCC[C@@H](O)/C=C/C=C\C/C=C\C/C=C\CCCC(=O)OC[C@H](COP(=O)(O)OC[C@@H](O)COP(=O)(O)O)OC(=O)CCCCCCCCCCCCCCCCCCC(C)C. The Labute approximate surface area is 386 Å². The second kappa shape index (κ2) is 42.4. The van der Waals surface area contributed by atoms with E-state index >= 15 is 0 Å². The van der Waals surface area contributed by atoms with Crippen molar-refractivity contribution in [2.24, 2.45) is 5.92 Å². The average molecular weight is 951 g/mol. The number of carbonyl (C=O) groups excluding carboxylic acids is 2. The minimum Gasteiger partial charge on any atom is -0.462 e. The maximum absolute atomic E-state index is 12.7. The van der Waals surface area contributed by atoms with E-state index in [0.717, 1.165) is 63.7 Å². The highest BCUT2D eigenvalue weighted by molar-refractivity contribution is 7.47. The predicted octanol–water partition coefficient (Wildman–Crippen LogP) is 11.8. The Morgan fingerprint density at radius 3 is 1.62 bits per heavy atom. The Hall–Kier alpha value is -1.96. The number of esters is 2. The van der Waals surface area contributed by atoms with Crippen molar-refractivity contribution in [3.63, 3.8) is 0 Å². The number of phosphoric ester groups is 2. The van der Waals surface area contributed by atoms with E-state index in [0.29, 0.717) is 19.3 Å². The summed E-state index contributed by atoms with van der Waals surface area (Å²) in [7, 11) is -9.71. The first-order valence-electron chi connectivity index (χ1n) is 24.3. The molecule has 0 saturated carbocycles. The van der Waals surface area contributed by atoms with Crippen LogP contribution >= 0.6 is 15.6 Å². The smallest absolute Gasteiger partial charge is 0.462 e. The third-order valence-corrected chi connectivity index (χ3v) is 11.7. The molecule has 0 aliphatic carbocycles. The molecule has 4 atom stereocenters. The van der Waals surface area contributed by atoms with Gasteiger partial charge in [-0.15, -0.1) is 0 Å². The summed E-state index contributed by atoms with van der Waals surface area (Å²) in [5.41, 5.74) is 0. The molecule has 0 rings (SSSR count). The number of phosphoric acid groups is 2. The van der Waals surface area contributed by atoms with E-state index in [2.05, 4.69) is 35.9 Å². The number of hydrogen-bond donors (Lipinski definition) is 5. The van der Waals surface area contributed by atoms with E-state index in [1.807, 2.05) is 42.5 Å². The molecule has 16 heteroatoms. The van der Waals surface area contributed by atoms with Gasteiger partial charge in [0.15, 0.2) is 6.10 Å². The van der Waals surface area contributed by atoms with Crippen LogP contribution in [-0.4, -0.2) is 81.6 Å². The fraction of sp³-hybridized carbons (Fsp3) is 0.792. The summed E-state index contributed by atoms with van der Waals surface area (Å²) >= 11 is 0. The zero-order chi connectivity index (χ0) is 47.6. The topological polar surface area (TPSA) is 216 Å². The first-order chi connectivity index (χ1) is 30.6. The molecule has 0 saturated heterocycles. The lowest BCUT2D eigenvalue weighted by molar-refractivity contribution is -0.161. The van der Waals surface area contributed by atoms with Gasteiger partial charge >= 0.3 is 27.6 Å². The van der Waals surface area contributed by atoms with Crippen molar-refractivity contribution in [3.8, 4) is 0 Å². The molecule has 5 N–H and O–H groups in total. The molecule has 0 aliphatic rings. The molecule has 0 spiro atoms. The van der Waals surface area contributed by atoms with E-state index in [-0.39, 0.29) is 12.8 Å². The van der Waals surface area contributed by atoms with E-state index < -0.39 is 72.3 Å². The molecule has 0 radical (unpaired) electrons. The van der Waals surface area contributed by atoms with Crippen LogP contribution in [0.25, 0.3) is 0 Å². The van der Waals surface area contributed by atoms with Crippen molar-refractivity contribution < 1.29 is 66.7 Å². The van der Waals surface area contributed by atoms with Gasteiger partial charge in [-0.25, -0.2) is 9.13 Å². The van der Waals surface area contributed by atoms with Gasteiger partial charge in [0.25, 0.3) is 0 Å². The van der Waals surface area contributed by atoms with Gasteiger partial charge in [-0.3, -0.25) is 23.2 Å². The number of hydrogen-bond acceptors (Lipinski definition) is 11. The number of aliphatic hydroxyl groups excluding tert-OH is 2. The molecular weight excluding hydrogens is 862 g/mol. The lowest BCUT2D eigenvalue weighted by atomic mass is 10.0. The van der Waals surface area contributed by atoms with E-state index in [1.54, 1.807) is 0 Å². The summed E-state index contributed by atoms with van der Waals surface area (Å²) in [6, 6.07) is 0. The van der Waals surface area contributed by atoms with Crippen LogP contribution in [0.5, 0.6) is 0 Å². The largest absolute Gasteiger partial charge is 0.472 e. The maximum Gasteiger partial charge on any atom is 0.472 e. The second-order valence-electron chi connectivity index (χ2n) is 17.1. The van der Waals surface area contributed by atoms with Crippen molar-refractivity contribution >= 4 is 27.6 Å². The van der Waals surface area contributed by atoms with Crippen LogP contribution in [0.1, 0.15) is 194 Å². The molecule has 0 aromatic heterocycles. The van der Waals surface area contributed by atoms with Crippen LogP contribution in [0.4, 0.5) is 0 Å². The molecular formula is C48H88O14P2. The quantitative estimate of drug-likeness (QED) is 0.0126. The van der Waals surface area contributed by atoms with Crippen LogP contribution in [-0.2, 0) is 41.8 Å². The van der Waals surface area contributed by atoms with Gasteiger partial charge in [0.05, 0.1) is 25.9 Å². The molecule has 14 nitrogen and oxygen atoms in total. The van der Waals surface area contributed by atoms with Gasteiger partial charge in [-0.2, -0.15) is 0 Å². The first kappa shape index (κ1) is 62.0. The van der Waals surface area contributed by atoms with E-state index in [4.69, 9.17) is 23.8 Å². The van der Waals surface area contributed by atoms with Crippen molar-refractivity contribution in [1.29, 1.82) is 0 Å². The molecule has 0 heterocycles. The van der Waals surface area contributed by atoms with Crippen molar-refractivity contribution in [3.05, 3.63) is 48.6 Å². The Morgan fingerprint density at radius 2 is 1.05 bits per heavy atom. The zero-order valence-electron chi connectivity index (χ0n) is 39.7. The fourth-order valence-electron chi connectivity index (χ4n) is 6.52. The third kappa shape index (κ3) is 46.6. The molecule has 64 heavy (non-hydrogen) atoms. The monoisotopic (exact) mass is 951 g/mol. The molecule has 0 fully saturated rings. The first-order valence-corrected chi connectivity index (χ1v) is 27.3. The summed E-state index contributed by atoms with van der Waals surface area (Å²) < 4.78 is 47.8. The van der Waals surface area contributed by atoms with Crippen LogP contribution in [0.3, 0.4) is 0 Å². The van der Waals surface area contributed by atoms with Gasteiger partial charge in [0.1, 0.15) is 12.7 Å². The molecule has 0 aromatic carbocycles. The van der Waals surface area contributed by atoms with Crippen LogP contribution < -0.4 is 0 Å². The molecule has 374 valence electrons. The van der Waals surface area contributed by atoms with Crippen LogP contribution in [0, 0.1) is 5.92 Å². The maximum atomic E-state index is 12.7. The number of aliphatic hydroxyl groups is 2. The van der Waals surface area contributed by atoms with Gasteiger partial charge in [-0.05, 0) is 44.4 Å². The normalized spacial score (nSPS) is 14.9. The minimum absolute atomic E-state index is 0.0996. The Morgan fingerprint density at radius 1 is 0.547 bits per heavy atom. The fourth-order valence-corrected chi connectivity index (χ4v) is 7.67. The number of carbonyl (C=O) groups is 2. The van der Waals surface area contributed by atoms with Crippen molar-refractivity contribution in [1.82, 2.24) is 0 Å². The molecule has 0 aliphatic heterocycles. The molecule has 0 amide bonds. The lowest BCUT2D eigenvalue weighted by Gasteiger charge is -2.20. The molecule has 0 bridgehead atoms. The Bertz CT molecular complexity index is 1350. The molecule has 1 unspecified atom stereocenters. The van der Waals surface area contributed by atoms with Gasteiger partial charge in [0, 0.05) is 12.8 Å². The average Bonchev–Trinajstić information content (AvgIpc) is 3.24. The van der Waals surface area contributed by atoms with Crippen molar-refractivity contribution in [2.75, 3.05) is 26.4 Å². The Balaban J connectivity index is 4.55. The Kier molecular flexibility index (Phi) is 41.1. The van der Waals surface area contributed by atoms with Gasteiger partial charge in [-0.1, -0.05) is 191 Å². The van der Waals surface area contributed by atoms with Gasteiger partial charge in [0.2, 0.25) is 0 Å².